The third-order valence-corrected chi connectivity index (χ3v) is 4.18. The Hall–Kier alpha value is -2.74. The lowest BCUT2D eigenvalue weighted by molar-refractivity contribution is -0.118. The Kier molecular flexibility index (Phi) is 5.08. The van der Waals surface area contributed by atoms with Crippen LogP contribution in [0.2, 0.25) is 0 Å². The Bertz CT molecular complexity index is 872. The second-order valence-corrected chi connectivity index (χ2v) is 6.60. The summed E-state index contributed by atoms with van der Waals surface area (Å²) in [5, 5.41) is 9.08. The predicted octanol–water partition coefficient (Wildman–Crippen LogP) is 3.64. The summed E-state index contributed by atoms with van der Waals surface area (Å²) in [6.07, 6.45) is 0. The number of anilines is 1. The molecule has 3 rings (SSSR count). The zero-order chi connectivity index (χ0) is 17.8. The summed E-state index contributed by atoms with van der Waals surface area (Å²) in [6, 6.07) is 7.24. The number of benzene rings is 1. The van der Waals surface area contributed by atoms with Crippen molar-refractivity contribution in [3.05, 3.63) is 41.2 Å². The first-order valence-electron chi connectivity index (χ1n) is 7.80. The van der Waals surface area contributed by atoms with Gasteiger partial charge in [-0.2, -0.15) is 4.98 Å². The molecule has 0 radical (unpaired) electrons. The van der Waals surface area contributed by atoms with Gasteiger partial charge in [0.15, 0.2) is 17.6 Å². The van der Waals surface area contributed by atoms with Crippen molar-refractivity contribution in [3.63, 3.8) is 0 Å². The molecule has 2 aromatic heterocycles. The standard InChI is InChI=1S/C17H18N4O3S/c1-10(2)15-20-16(24-21-15)12-6-4-5-7-13(12)23-8-14(22)19-17-18-11(3)9-25-17/h4-7,9-10H,8H2,1-3H3,(H,18,19,22). The molecule has 8 heteroatoms. The fourth-order valence-corrected chi connectivity index (χ4v) is 2.76. The van der Waals surface area contributed by atoms with Gasteiger partial charge < -0.3 is 9.26 Å². The van der Waals surface area contributed by atoms with Crippen LogP contribution in [0.1, 0.15) is 31.3 Å². The van der Waals surface area contributed by atoms with Crippen molar-refractivity contribution in [2.45, 2.75) is 26.7 Å². The molecule has 0 fully saturated rings. The van der Waals surface area contributed by atoms with Gasteiger partial charge in [0.2, 0.25) is 0 Å². The van der Waals surface area contributed by atoms with Crippen molar-refractivity contribution >= 4 is 22.4 Å². The first kappa shape index (κ1) is 17.1. The Morgan fingerprint density at radius 1 is 1.32 bits per heavy atom. The predicted molar refractivity (Wildman–Crippen MR) is 94.8 cm³/mol. The SMILES string of the molecule is Cc1csc(NC(=O)COc2ccccc2-c2nc(C(C)C)no2)n1. The average molecular weight is 358 g/mol. The van der Waals surface area contributed by atoms with Gasteiger partial charge in [-0.15, -0.1) is 11.3 Å². The van der Waals surface area contributed by atoms with Gasteiger partial charge >= 0.3 is 0 Å². The van der Waals surface area contributed by atoms with Crippen LogP contribution in [0.25, 0.3) is 11.5 Å². The van der Waals surface area contributed by atoms with E-state index >= 15 is 0 Å². The lowest BCUT2D eigenvalue weighted by Gasteiger charge is -2.08. The Morgan fingerprint density at radius 3 is 2.80 bits per heavy atom. The lowest BCUT2D eigenvalue weighted by atomic mass is 10.2. The maximum absolute atomic E-state index is 12.0. The normalized spacial score (nSPS) is 10.9. The Labute approximate surface area is 149 Å². The van der Waals surface area contributed by atoms with E-state index in [1.807, 2.05) is 44.4 Å². The summed E-state index contributed by atoms with van der Waals surface area (Å²) in [5.74, 6) is 1.39. The van der Waals surface area contributed by atoms with E-state index in [2.05, 4.69) is 20.4 Å². The van der Waals surface area contributed by atoms with E-state index < -0.39 is 0 Å². The number of nitrogens with zero attached hydrogens (tertiary/aromatic N) is 3. The van der Waals surface area contributed by atoms with E-state index in [9.17, 15) is 4.79 Å². The van der Waals surface area contributed by atoms with Crippen LogP contribution in [-0.2, 0) is 4.79 Å². The molecule has 0 saturated heterocycles. The van der Waals surface area contributed by atoms with Gasteiger partial charge in [0.25, 0.3) is 11.8 Å². The van der Waals surface area contributed by atoms with Crippen LogP contribution in [-0.4, -0.2) is 27.6 Å². The Balaban J connectivity index is 1.69. The fraction of sp³-hybridized carbons (Fsp3) is 0.294. The summed E-state index contributed by atoms with van der Waals surface area (Å²) in [6.45, 7) is 5.71. The van der Waals surface area contributed by atoms with Gasteiger partial charge in [0.1, 0.15) is 5.75 Å². The quantitative estimate of drug-likeness (QED) is 0.723. The summed E-state index contributed by atoms with van der Waals surface area (Å²) < 4.78 is 10.9. The minimum atomic E-state index is -0.280. The summed E-state index contributed by atoms with van der Waals surface area (Å²) in [4.78, 5) is 20.6. The van der Waals surface area contributed by atoms with E-state index in [4.69, 9.17) is 9.26 Å². The number of thiazole rings is 1. The second kappa shape index (κ2) is 7.43. The molecule has 0 bridgehead atoms. The molecule has 0 atom stereocenters. The monoisotopic (exact) mass is 358 g/mol. The first-order chi connectivity index (χ1) is 12.0. The molecule has 1 N–H and O–H groups in total. The van der Waals surface area contributed by atoms with Crippen molar-refractivity contribution in [2.75, 3.05) is 11.9 Å². The average Bonchev–Trinajstić information content (AvgIpc) is 3.22. The highest BCUT2D eigenvalue weighted by atomic mass is 32.1. The second-order valence-electron chi connectivity index (χ2n) is 5.74. The Morgan fingerprint density at radius 2 is 2.12 bits per heavy atom. The minimum absolute atomic E-state index is 0.138. The molecule has 0 unspecified atom stereocenters. The molecule has 1 aromatic carbocycles. The zero-order valence-electron chi connectivity index (χ0n) is 14.1. The number of para-hydroxylation sites is 1. The molecule has 2 heterocycles. The number of nitrogens with one attached hydrogen (secondary N) is 1. The van der Waals surface area contributed by atoms with E-state index in [-0.39, 0.29) is 18.4 Å². The fourth-order valence-electron chi connectivity index (χ4n) is 2.06. The van der Waals surface area contributed by atoms with Crippen LogP contribution in [0.5, 0.6) is 5.75 Å². The number of rotatable bonds is 6. The van der Waals surface area contributed by atoms with Crippen LogP contribution in [0, 0.1) is 6.92 Å². The summed E-state index contributed by atoms with van der Waals surface area (Å²) >= 11 is 1.37. The van der Waals surface area contributed by atoms with Crippen LogP contribution in [0.3, 0.4) is 0 Å². The highest BCUT2D eigenvalue weighted by molar-refractivity contribution is 7.13. The van der Waals surface area contributed by atoms with Crippen LogP contribution in [0.4, 0.5) is 5.13 Å². The number of hydrogen-bond donors (Lipinski definition) is 1. The van der Waals surface area contributed by atoms with Crippen LogP contribution in [0.15, 0.2) is 34.2 Å². The highest BCUT2D eigenvalue weighted by Gasteiger charge is 2.16. The number of hydrogen-bond acceptors (Lipinski definition) is 7. The molecule has 130 valence electrons. The van der Waals surface area contributed by atoms with Crippen molar-refractivity contribution in [3.8, 4) is 17.2 Å². The van der Waals surface area contributed by atoms with E-state index in [0.717, 1.165) is 5.69 Å². The van der Waals surface area contributed by atoms with Gasteiger partial charge in [-0.25, -0.2) is 4.98 Å². The van der Waals surface area contributed by atoms with Gasteiger partial charge in [-0.1, -0.05) is 31.1 Å². The molecule has 0 aliphatic rings. The van der Waals surface area contributed by atoms with E-state index in [1.54, 1.807) is 6.07 Å². The van der Waals surface area contributed by atoms with Crippen LogP contribution >= 0.6 is 11.3 Å². The molecule has 7 nitrogen and oxygen atoms in total. The largest absolute Gasteiger partial charge is 0.483 e. The first-order valence-corrected chi connectivity index (χ1v) is 8.68. The molecule has 1 amide bonds. The van der Waals surface area contributed by atoms with E-state index in [0.29, 0.717) is 28.2 Å². The van der Waals surface area contributed by atoms with Gasteiger partial charge in [0, 0.05) is 11.3 Å². The van der Waals surface area contributed by atoms with Gasteiger partial charge in [-0.05, 0) is 19.1 Å². The number of amides is 1. The van der Waals surface area contributed by atoms with Crippen molar-refractivity contribution < 1.29 is 14.1 Å². The number of aryl methyl sites for hydroxylation is 1. The zero-order valence-corrected chi connectivity index (χ0v) is 15.0. The maximum Gasteiger partial charge on any atom is 0.264 e. The summed E-state index contributed by atoms with van der Waals surface area (Å²) in [5.41, 5.74) is 1.52. The summed E-state index contributed by atoms with van der Waals surface area (Å²) in [7, 11) is 0. The lowest BCUT2D eigenvalue weighted by Crippen LogP contribution is -2.20. The number of carbonyl (C=O) groups excluding carboxylic acids is 1. The van der Waals surface area contributed by atoms with Gasteiger partial charge in [-0.3, -0.25) is 10.1 Å². The van der Waals surface area contributed by atoms with Crippen LogP contribution < -0.4 is 10.1 Å². The third-order valence-electron chi connectivity index (χ3n) is 3.30. The smallest absolute Gasteiger partial charge is 0.264 e. The van der Waals surface area contributed by atoms with Crippen molar-refractivity contribution in [1.82, 2.24) is 15.1 Å². The molecule has 0 spiro atoms. The molecule has 0 aliphatic carbocycles. The molecule has 3 aromatic rings. The van der Waals surface area contributed by atoms with Gasteiger partial charge in [0.05, 0.1) is 11.3 Å². The third kappa shape index (κ3) is 4.21. The number of ether oxygens (including phenoxy) is 1. The molecule has 0 saturated carbocycles. The maximum atomic E-state index is 12.0. The topological polar surface area (TPSA) is 90.1 Å². The molecular formula is C17H18N4O3S. The molecule has 0 aliphatic heterocycles. The number of carbonyl (C=O) groups is 1. The minimum Gasteiger partial charge on any atom is -0.483 e. The molecular weight excluding hydrogens is 340 g/mol. The molecule has 25 heavy (non-hydrogen) atoms. The number of aromatic nitrogens is 3. The van der Waals surface area contributed by atoms with E-state index in [1.165, 1.54) is 11.3 Å². The van der Waals surface area contributed by atoms with Crippen molar-refractivity contribution in [2.24, 2.45) is 0 Å². The highest BCUT2D eigenvalue weighted by Crippen LogP contribution is 2.29. The van der Waals surface area contributed by atoms with Crippen molar-refractivity contribution in [1.29, 1.82) is 0 Å².